The lowest BCUT2D eigenvalue weighted by Gasteiger charge is -2.27. The minimum Gasteiger partial charge on any atom is -0.504 e. The second-order valence-corrected chi connectivity index (χ2v) is 6.43. The number of H-pyrrole nitrogens is 1. The maximum Gasteiger partial charge on any atom is 0.255 e. The van der Waals surface area contributed by atoms with Gasteiger partial charge in [-0.1, -0.05) is 6.07 Å². The predicted octanol–water partition coefficient (Wildman–Crippen LogP) is 1.50. The van der Waals surface area contributed by atoms with Gasteiger partial charge >= 0.3 is 0 Å². The van der Waals surface area contributed by atoms with Gasteiger partial charge < -0.3 is 14.8 Å². The number of nitrogens with one attached hydrogen (secondary N) is 1. The van der Waals surface area contributed by atoms with Gasteiger partial charge in [-0.3, -0.25) is 9.69 Å². The van der Waals surface area contributed by atoms with Crippen LogP contribution in [0.15, 0.2) is 41.7 Å². The van der Waals surface area contributed by atoms with Crippen LogP contribution < -0.4 is 10.3 Å². The molecule has 0 spiro atoms. The van der Waals surface area contributed by atoms with Crippen LogP contribution in [0, 0.1) is 0 Å². The van der Waals surface area contributed by atoms with Crippen molar-refractivity contribution in [2.45, 2.75) is 19.5 Å². The maximum absolute atomic E-state index is 12.6. The van der Waals surface area contributed by atoms with Gasteiger partial charge in [-0.2, -0.15) is 0 Å². The summed E-state index contributed by atoms with van der Waals surface area (Å²) in [5.41, 5.74) is 3.00. The zero-order chi connectivity index (χ0) is 18.8. The molecule has 1 aliphatic heterocycles. The van der Waals surface area contributed by atoms with Gasteiger partial charge in [0.15, 0.2) is 11.5 Å². The second kappa shape index (κ2) is 7.16. The van der Waals surface area contributed by atoms with Crippen LogP contribution in [0.1, 0.15) is 16.8 Å². The van der Waals surface area contributed by atoms with Gasteiger partial charge in [0.25, 0.3) is 5.56 Å². The van der Waals surface area contributed by atoms with E-state index < -0.39 is 0 Å². The van der Waals surface area contributed by atoms with E-state index in [2.05, 4.69) is 24.8 Å². The van der Waals surface area contributed by atoms with E-state index in [1.165, 1.54) is 13.4 Å². The van der Waals surface area contributed by atoms with Crippen LogP contribution in [-0.2, 0) is 19.5 Å². The third-order valence-corrected chi connectivity index (χ3v) is 4.63. The zero-order valence-electron chi connectivity index (χ0n) is 14.8. The summed E-state index contributed by atoms with van der Waals surface area (Å²) in [7, 11) is 1.52. The van der Waals surface area contributed by atoms with Crippen LogP contribution in [0.25, 0.3) is 11.4 Å². The van der Waals surface area contributed by atoms with Crippen molar-refractivity contribution < 1.29 is 9.84 Å². The van der Waals surface area contributed by atoms with Crippen LogP contribution in [-0.4, -0.2) is 43.6 Å². The first kappa shape index (κ1) is 17.2. The number of hydrogen-bond acceptors (Lipinski definition) is 7. The average Bonchev–Trinajstić information content (AvgIpc) is 2.69. The number of methoxy groups -OCH3 is 1. The first-order valence-corrected chi connectivity index (χ1v) is 8.59. The topological polar surface area (TPSA) is 104 Å². The molecule has 0 aliphatic carbocycles. The van der Waals surface area contributed by atoms with Gasteiger partial charge in [-0.15, -0.1) is 0 Å². The highest BCUT2D eigenvalue weighted by Crippen LogP contribution is 2.27. The summed E-state index contributed by atoms with van der Waals surface area (Å²) in [6.45, 7) is 1.92. The number of aromatic hydroxyl groups is 1. The summed E-state index contributed by atoms with van der Waals surface area (Å²) < 4.78 is 5.07. The predicted molar refractivity (Wildman–Crippen MR) is 98.4 cm³/mol. The summed E-state index contributed by atoms with van der Waals surface area (Å²) >= 11 is 0. The van der Waals surface area contributed by atoms with E-state index in [1.54, 1.807) is 24.5 Å². The van der Waals surface area contributed by atoms with Crippen LogP contribution in [0.2, 0.25) is 0 Å². The Bertz CT molecular complexity index is 1020. The van der Waals surface area contributed by atoms with Crippen molar-refractivity contribution in [1.29, 1.82) is 0 Å². The number of phenolic OH excluding ortho intramolecular Hbond substituents is 1. The molecule has 27 heavy (non-hydrogen) atoms. The van der Waals surface area contributed by atoms with Crippen molar-refractivity contribution in [3.8, 4) is 22.9 Å². The molecule has 1 aromatic carbocycles. The van der Waals surface area contributed by atoms with Crippen molar-refractivity contribution in [3.05, 3.63) is 64.1 Å². The van der Waals surface area contributed by atoms with E-state index in [0.717, 1.165) is 17.8 Å². The second-order valence-electron chi connectivity index (χ2n) is 6.43. The number of phenols is 1. The molecule has 3 heterocycles. The van der Waals surface area contributed by atoms with E-state index in [0.29, 0.717) is 42.2 Å². The SMILES string of the molecule is COc1ccc(CN2CCc3nc(-c4cncnc4)[nH]c(=O)c3C2)cc1O. The number of aromatic amines is 1. The smallest absolute Gasteiger partial charge is 0.255 e. The minimum atomic E-state index is -0.138. The first-order valence-electron chi connectivity index (χ1n) is 8.59. The van der Waals surface area contributed by atoms with Gasteiger partial charge in [0.05, 0.1) is 23.9 Å². The highest BCUT2D eigenvalue weighted by atomic mass is 16.5. The lowest BCUT2D eigenvalue weighted by atomic mass is 10.1. The Labute approximate surface area is 155 Å². The molecule has 0 saturated heterocycles. The molecule has 3 aromatic rings. The molecule has 8 heteroatoms. The fourth-order valence-electron chi connectivity index (χ4n) is 3.27. The highest BCUT2D eigenvalue weighted by Gasteiger charge is 2.22. The average molecular weight is 365 g/mol. The molecule has 0 fully saturated rings. The number of nitrogens with zero attached hydrogens (tertiary/aromatic N) is 4. The number of hydrogen-bond donors (Lipinski definition) is 2. The molecule has 4 rings (SSSR count). The van der Waals surface area contributed by atoms with Gasteiger partial charge in [0.2, 0.25) is 0 Å². The monoisotopic (exact) mass is 365 g/mol. The largest absolute Gasteiger partial charge is 0.504 e. The summed E-state index contributed by atoms with van der Waals surface area (Å²) in [5, 5.41) is 9.94. The normalized spacial score (nSPS) is 14.0. The Kier molecular flexibility index (Phi) is 4.55. The Balaban J connectivity index is 1.55. The Morgan fingerprint density at radius 1 is 1.30 bits per heavy atom. The fourth-order valence-corrected chi connectivity index (χ4v) is 3.27. The van der Waals surface area contributed by atoms with E-state index in [1.807, 2.05) is 6.07 Å². The molecule has 2 N–H and O–H groups in total. The standard InChI is InChI=1S/C19H19N5O3/c1-27-17-3-2-12(6-16(17)25)9-24-5-4-15-14(10-24)19(26)23-18(22-15)13-7-20-11-21-8-13/h2-3,6-8,11,25H,4-5,9-10H2,1H3,(H,22,23,26). The molecule has 0 amide bonds. The molecule has 0 saturated carbocycles. The lowest BCUT2D eigenvalue weighted by molar-refractivity contribution is 0.241. The zero-order valence-corrected chi connectivity index (χ0v) is 14.8. The summed E-state index contributed by atoms with van der Waals surface area (Å²) in [5.74, 6) is 1.05. The van der Waals surface area contributed by atoms with Crippen molar-refractivity contribution in [2.75, 3.05) is 13.7 Å². The molecule has 138 valence electrons. The molecule has 1 aliphatic rings. The number of ether oxygens (including phenoxy) is 1. The van der Waals surface area contributed by atoms with Crippen molar-refractivity contribution in [3.63, 3.8) is 0 Å². The summed E-state index contributed by atoms with van der Waals surface area (Å²) in [4.78, 5) is 30.1. The fraction of sp³-hybridized carbons (Fsp3) is 0.263. The van der Waals surface area contributed by atoms with Crippen molar-refractivity contribution in [2.24, 2.45) is 0 Å². The molecule has 2 aromatic heterocycles. The molecule has 8 nitrogen and oxygen atoms in total. The van der Waals surface area contributed by atoms with Crippen molar-refractivity contribution in [1.82, 2.24) is 24.8 Å². The molecule has 0 radical (unpaired) electrons. The van der Waals surface area contributed by atoms with E-state index in [9.17, 15) is 9.90 Å². The number of aromatic nitrogens is 4. The van der Waals surface area contributed by atoms with Crippen molar-refractivity contribution >= 4 is 0 Å². The van der Waals surface area contributed by atoms with Crippen LogP contribution in [0.4, 0.5) is 0 Å². The van der Waals surface area contributed by atoms with Gasteiger partial charge in [-0.25, -0.2) is 15.0 Å². The molecule has 0 bridgehead atoms. The summed E-state index contributed by atoms with van der Waals surface area (Å²) in [6, 6.07) is 5.34. The summed E-state index contributed by atoms with van der Waals surface area (Å²) in [6.07, 6.45) is 5.38. The molecular weight excluding hydrogens is 346 g/mol. The maximum atomic E-state index is 12.6. The van der Waals surface area contributed by atoms with Crippen LogP contribution in [0.3, 0.4) is 0 Å². The van der Waals surface area contributed by atoms with E-state index in [-0.39, 0.29) is 11.3 Å². The molecule has 0 atom stereocenters. The third kappa shape index (κ3) is 3.52. The Morgan fingerprint density at radius 2 is 2.11 bits per heavy atom. The first-order chi connectivity index (χ1) is 13.1. The highest BCUT2D eigenvalue weighted by molar-refractivity contribution is 5.52. The van der Waals surface area contributed by atoms with Gasteiger partial charge in [-0.05, 0) is 17.7 Å². The van der Waals surface area contributed by atoms with Gasteiger partial charge in [0, 0.05) is 38.4 Å². The van der Waals surface area contributed by atoms with E-state index in [4.69, 9.17) is 4.74 Å². The molecular formula is C19H19N5O3. The lowest BCUT2D eigenvalue weighted by Crippen LogP contribution is -2.35. The van der Waals surface area contributed by atoms with Crippen LogP contribution >= 0.6 is 0 Å². The molecule has 0 unspecified atom stereocenters. The number of rotatable bonds is 4. The van der Waals surface area contributed by atoms with Gasteiger partial charge in [0.1, 0.15) is 12.2 Å². The Morgan fingerprint density at radius 3 is 2.85 bits per heavy atom. The third-order valence-electron chi connectivity index (χ3n) is 4.63. The number of benzene rings is 1. The minimum absolute atomic E-state index is 0.113. The van der Waals surface area contributed by atoms with Crippen LogP contribution in [0.5, 0.6) is 11.5 Å². The number of fused-ring (bicyclic) bond motifs is 1. The quantitative estimate of drug-likeness (QED) is 0.722. The Hall–Kier alpha value is -3.26. The van der Waals surface area contributed by atoms with E-state index >= 15 is 0 Å².